The Morgan fingerprint density at radius 2 is 2.00 bits per heavy atom. The molecule has 1 rings (SSSR count). The van der Waals surface area contributed by atoms with E-state index in [4.69, 9.17) is 11.6 Å². The Hall–Kier alpha value is -0.000000000000000111. The van der Waals surface area contributed by atoms with E-state index in [0.717, 1.165) is 0 Å². The van der Waals surface area contributed by atoms with Gasteiger partial charge in [-0.25, -0.2) is 0 Å². The number of thioether (sulfide) groups is 1. The topological polar surface area (TPSA) is 0 Å². The zero-order valence-electron chi connectivity index (χ0n) is 8.44. The Kier molecular flexibility index (Phi) is 4.88. The summed E-state index contributed by atoms with van der Waals surface area (Å²) in [5.41, 5.74) is -0.470. The van der Waals surface area contributed by atoms with E-state index in [1.165, 1.54) is 17.8 Å². The Morgan fingerprint density at radius 3 is 2.44 bits per heavy atom. The van der Waals surface area contributed by atoms with Crippen LogP contribution in [0.15, 0.2) is 17.0 Å². The monoisotopic (exact) mass is 286 g/mol. The molecule has 0 aliphatic heterocycles. The highest BCUT2D eigenvalue weighted by Gasteiger charge is 2.36. The van der Waals surface area contributed by atoms with Crippen molar-refractivity contribution >= 4 is 36.0 Å². The first-order valence-electron chi connectivity index (χ1n) is 4.54. The molecule has 0 saturated carbocycles. The van der Waals surface area contributed by atoms with E-state index in [1.54, 1.807) is 13.0 Å². The van der Waals surface area contributed by atoms with E-state index < -0.39 is 11.7 Å². The fourth-order valence-corrected chi connectivity index (χ4v) is 2.89. The smallest absolute Gasteiger partial charge is 0.168 e. The van der Waals surface area contributed by atoms with Crippen LogP contribution < -0.4 is 0 Å². The summed E-state index contributed by atoms with van der Waals surface area (Å²) in [5.74, 6) is 0. The molecule has 6 heteroatoms. The number of alkyl halides is 3. The predicted octanol–water partition coefficient (Wildman–Crippen LogP) is 4.90. The summed E-state index contributed by atoms with van der Waals surface area (Å²) in [6.07, 6.45) is -4.11. The van der Waals surface area contributed by atoms with Gasteiger partial charge in [0.15, 0.2) is 0 Å². The van der Waals surface area contributed by atoms with Gasteiger partial charge in [-0.1, -0.05) is 18.5 Å². The fraction of sp³-hybridized carbons (Fsp3) is 0.400. The van der Waals surface area contributed by atoms with Gasteiger partial charge < -0.3 is 0 Å². The first-order chi connectivity index (χ1) is 7.41. The predicted molar refractivity (Wildman–Crippen MR) is 65.5 cm³/mol. The molecule has 0 heterocycles. The number of halogens is 4. The molecule has 1 aromatic rings. The van der Waals surface area contributed by atoms with Crippen LogP contribution in [-0.2, 0) is 12.6 Å². The van der Waals surface area contributed by atoms with E-state index in [1.807, 2.05) is 0 Å². The lowest BCUT2D eigenvalue weighted by molar-refractivity contribution is -0.138. The highest BCUT2D eigenvalue weighted by Crippen LogP contribution is 2.41. The van der Waals surface area contributed by atoms with E-state index in [0.29, 0.717) is 16.4 Å². The molecule has 1 aromatic carbocycles. The molecular formula is C10H10ClF3S2. The lowest BCUT2D eigenvalue weighted by atomic mass is 10.0. The molecule has 0 unspecified atom stereocenters. The summed E-state index contributed by atoms with van der Waals surface area (Å²) >= 11 is 10.9. The van der Waals surface area contributed by atoms with Crippen LogP contribution in [-0.4, -0.2) is 5.08 Å². The first kappa shape index (κ1) is 14.1. The van der Waals surface area contributed by atoms with Crippen molar-refractivity contribution in [2.24, 2.45) is 0 Å². The lowest BCUT2D eigenvalue weighted by Gasteiger charge is -2.16. The lowest BCUT2D eigenvalue weighted by Crippen LogP contribution is -2.10. The molecule has 90 valence electrons. The quantitative estimate of drug-likeness (QED) is 0.468. The molecule has 16 heavy (non-hydrogen) atoms. The molecule has 0 nitrogen and oxygen atoms in total. The Labute approximate surface area is 107 Å². The highest BCUT2D eigenvalue weighted by atomic mass is 35.5. The number of hydrogen-bond acceptors (Lipinski definition) is 2. The zero-order valence-corrected chi connectivity index (χ0v) is 10.9. The van der Waals surface area contributed by atoms with Gasteiger partial charge in [-0.05, 0) is 24.1 Å². The normalized spacial score (nSPS) is 11.9. The summed E-state index contributed by atoms with van der Waals surface area (Å²) in [4.78, 5) is 0.592. The van der Waals surface area contributed by atoms with Gasteiger partial charge in [0.1, 0.15) is 0 Å². The Morgan fingerprint density at radius 1 is 1.38 bits per heavy atom. The molecule has 0 amide bonds. The van der Waals surface area contributed by atoms with Gasteiger partial charge in [-0.15, -0.1) is 11.8 Å². The van der Waals surface area contributed by atoms with E-state index >= 15 is 0 Å². The van der Waals surface area contributed by atoms with Crippen molar-refractivity contribution in [1.82, 2.24) is 0 Å². The maximum Gasteiger partial charge on any atom is 0.418 e. The van der Waals surface area contributed by atoms with Gasteiger partial charge in [0.2, 0.25) is 0 Å². The van der Waals surface area contributed by atoms with Gasteiger partial charge in [0, 0.05) is 9.98 Å². The number of thiol groups is 1. The standard InChI is InChI=1S/C10H10ClF3S2/c1-2-6-8(16-5-15)4-3-7(11)9(6)10(12,13)14/h3-4,15H,2,5H2,1H3. The summed E-state index contributed by atoms with van der Waals surface area (Å²) in [6.45, 7) is 1.68. The fourth-order valence-electron chi connectivity index (χ4n) is 1.46. The van der Waals surface area contributed by atoms with Crippen molar-refractivity contribution in [1.29, 1.82) is 0 Å². The van der Waals surface area contributed by atoms with Gasteiger partial charge in [0.05, 0.1) is 10.6 Å². The van der Waals surface area contributed by atoms with Crippen LogP contribution in [0.3, 0.4) is 0 Å². The van der Waals surface area contributed by atoms with Crippen molar-refractivity contribution in [3.05, 3.63) is 28.3 Å². The van der Waals surface area contributed by atoms with Gasteiger partial charge in [0.25, 0.3) is 0 Å². The maximum atomic E-state index is 12.8. The van der Waals surface area contributed by atoms with Crippen molar-refractivity contribution in [3.8, 4) is 0 Å². The average molecular weight is 287 g/mol. The molecule has 0 saturated heterocycles. The van der Waals surface area contributed by atoms with E-state index in [9.17, 15) is 13.2 Å². The van der Waals surface area contributed by atoms with Gasteiger partial charge >= 0.3 is 6.18 Å². The second-order valence-electron chi connectivity index (χ2n) is 3.02. The van der Waals surface area contributed by atoms with Gasteiger partial charge in [-0.2, -0.15) is 25.8 Å². The van der Waals surface area contributed by atoms with Crippen LogP contribution in [0, 0.1) is 0 Å². The molecule has 0 N–H and O–H groups in total. The van der Waals surface area contributed by atoms with Crippen LogP contribution in [0.25, 0.3) is 0 Å². The Balaban J connectivity index is 3.38. The minimum absolute atomic E-state index is 0.243. The minimum atomic E-state index is -4.41. The van der Waals surface area contributed by atoms with Crippen LogP contribution in [0.4, 0.5) is 13.2 Å². The van der Waals surface area contributed by atoms with Gasteiger partial charge in [-0.3, -0.25) is 0 Å². The van der Waals surface area contributed by atoms with Crippen molar-refractivity contribution < 1.29 is 13.2 Å². The Bertz CT molecular complexity index is 377. The summed E-state index contributed by atoms with van der Waals surface area (Å²) < 4.78 is 38.4. The van der Waals surface area contributed by atoms with Crippen LogP contribution >= 0.6 is 36.0 Å². The molecule has 0 spiro atoms. The van der Waals surface area contributed by atoms with Crippen molar-refractivity contribution in [2.45, 2.75) is 24.4 Å². The molecule has 0 aliphatic carbocycles. The molecule has 0 bridgehead atoms. The SMILES string of the molecule is CCc1c(SCS)ccc(Cl)c1C(F)(F)F. The van der Waals surface area contributed by atoms with Crippen LogP contribution in [0.2, 0.25) is 5.02 Å². The van der Waals surface area contributed by atoms with E-state index in [2.05, 4.69) is 12.6 Å². The minimum Gasteiger partial charge on any atom is -0.168 e. The number of hydrogen-bond donors (Lipinski definition) is 1. The first-order valence-corrected chi connectivity index (χ1v) is 6.53. The van der Waals surface area contributed by atoms with Crippen molar-refractivity contribution in [2.75, 3.05) is 5.08 Å². The third kappa shape index (κ3) is 3.02. The zero-order chi connectivity index (χ0) is 12.3. The largest absolute Gasteiger partial charge is 0.418 e. The molecular weight excluding hydrogens is 277 g/mol. The summed E-state index contributed by atoms with van der Waals surface area (Å²) in [5, 5.41) is 0.194. The molecule has 0 aliphatic rings. The van der Waals surface area contributed by atoms with Crippen LogP contribution in [0.1, 0.15) is 18.1 Å². The second kappa shape index (κ2) is 5.56. The molecule has 0 atom stereocenters. The van der Waals surface area contributed by atoms with E-state index in [-0.39, 0.29) is 10.6 Å². The molecule has 0 aromatic heterocycles. The third-order valence-corrected chi connectivity index (χ3v) is 3.60. The average Bonchev–Trinajstić information content (AvgIpc) is 2.18. The third-order valence-electron chi connectivity index (χ3n) is 2.08. The highest BCUT2D eigenvalue weighted by molar-refractivity contribution is 8.09. The molecule has 0 fully saturated rings. The number of rotatable bonds is 3. The summed E-state index contributed by atoms with van der Waals surface area (Å²) in [7, 11) is 0. The van der Waals surface area contributed by atoms with Crippen molar-refractivity contribution in [3.63, 3.8) is 0 Å². The second-order valence-corrected chi connectivity index (χ2v) is 5.19. The number of benzene rings is 1. The summed E-state index contributed by atoms with van der Waals surface area (Å²) in [6, 6.07) is 2.90. The molecule has 0 radical (unpaired) electrons. The maximum absolute atomic E-state index is 12.8. The van der Waals surface area contributed by atoms with Crippen LogP contribution in [0.5, 0.6) is 0 Å².